The fourth-order valence-electron chi connectivity index (χ4n) is 1.93. The standard InChI is InChI=1S/C12H10N4O3S/c1-7-8(4-9(20-7)11(17)18)6-16-12(19)15-3-2-13-5-10(15)14-16/h2-5H,6H2,1H3,(H,17,18). The fraction of sp³-hybridized carbons (Fsp3) is 0.167. The first-order valence-electron chi connectivity index (χ1n) is 5.78. The average Bonchev–Trinajstić information content (AvgIpc) is 2.93. The highest BCUT2D eigenvalue weighted by Crippen LogP contribution is 2.22. The monoisotopic (exact) mass is 290 g/mol. The molecule has 0 saturated carbocycles. The van der Waals surface area contributed by atoms with Gasteiger partial charge >= 0.3 is 11.7 Å². The SMILES string of the molecule is Cc1sc(C(=O)O)cc1Cn1nc2cnccn2c1=O. The number of fused-ring (bicyclic) bond motifs is 1. The van der Waals surface area contributed by atoms with Gasteiger partial charge in [-0.1, -0.05) is 0 Å². The van der Waals surface area contributed by atoms with E-state index in [1.165, 1.54) is 32.8 Å². The maximum atomic E-state index is 12.1. The molecule has 7 nitrogen and oxygen atoms in total. The Labute approximate surface area is 116 Å². The van der Waals surface area contributed by atoms with Crippen molar-refractivity contribution >= 4 is 23.0 Å². The highest BCUT2D eigenvalue weighted by atomic mass is 32.1. The number of rotatable bonds is 3. The van der Waals surface area contributed by atoms with Crippen LogP contribution in [0.2, 0.25) is 0 Å². The number of aryl methyl sites for hydroxylation is 1. The largest absolute Gasteiger partial charge is 0.477 e. The Morgan fingerprint density at radius 3 is 2.95 bits per heavy atom. The summed E-state index contributed by atoms with van der Waals surface area (Å²) in [6, 6.07) is 1.58. The quantitative estimate of drug-likeness (QED) is 0.777. The van der Waals surface area contributed by atoms with Gasteiger partial charge in [0.05, 0.1) is 12.7 Å². The second-order valence-corrected chi connectivity index (χ2v) is 5.50. The highest BCUT2D eigenvalue weighted by molar-refractivity contribution is 7.14. The van der Waals surface area contributed by atoms with Crippen molar-refractivity contribution in [1.29, 1.82) is 0 Å². The van der Waals surface area contributed by atoms with Crippen LogP contribution in [-0.2, 0) is 6.54 Å². The molecule has 8 heteroatoms. The van der Waals surface area contributed by atoms with E-state index in [-0.39, 0.29) is 17.1 Å². The molecule has 1 N–H and O–H groups in total. The second-order valence-electron chi connectivity index (χ2n) is 4.24. The number of carbonyl (C=O) groups is 1. The molecule has 3 heterocycles. The van der Waals surface area contributed by atoms with E-state index >= 15 is 0 Å². The minimum Gasteiger partial charge on any atom is -0.477 e. The van der Waals surface area contributed by atoms with Crippen molar-refractivity contribution < 1.29 is 9.90 Å². The van der Waals surface area contributed by atoms with Crippen LogP contribution in [-0.4, -0.2) is 30.2 Å². The highest BCUT2D eigenvalue weighted by Gasteiger charge is 2.13. The van der Waals surface area contributed by atoms with E-state index in [1.54, 1.807) is 12.3 Å². The fourth-order valence-corrected chi connectivity index (χ4v) is 2.80. The van der Waals surface area contributed by atoms with E-state index in [0.29, 0.717) is 5.65 Å². The van der Waals surface area contributed by atoms with Crippen LogP contribution >= 0.6 is 11.3 Å². The lowest BCUT2D eigenvalue weighted by atomic mass is 10.2. The molecule has 0 atom stereocenters. The molecule has 0 aliphatic rings. The van der Waals surface area contributed by atoms with Gasteiger partial charge in [0.15, 0.2) is 5.65 Å². The molecular weight excluding hydrogens is 280 g/mol. The molecule has 0 amide bonds. The molecule has 3 rings (SSSR count). The van der Waals surface area contributed by atoms with Crippen molar-refractivity contribution in [1.82, 2.24) is 19.2 Å². The van der Waals surface area contributed by atoms with Crippen LogP contribution in [0.1, 0.15) is 20.1 Å². The third kappa shape index (κ3) is 1.99. The zero-order valence-electron chi connectivity index (χ0n) is 10.5. The lowest BCUT2D eigenvalue weighted by Crippen LogP contribution is -2.21. The molecule has 0 spiro atoms. The van der Waals surface area contributed by atoms with Gasteiger partial charge in [-0.15, -0.1) is 16.4 Å². The van der Waals surface area contributed by atoms with E-state index in [1.807, 2.05) is 6.92 Å². The molecule has 3 aromatic rings. The van der Waals surface area contributed by atoms with Gasteiger partial charge in [-0.05, 0) is 18.6 Å². The third-order valence-corrected chi connectivity index (χ3v) is 4.02. The molecule has 0 aliphatic heterocycles. The Bertz CT molecular complexity index is 861. The number of hydrogen-bond donors (Lipinski definition) is 1. The topological polar surface area (TPSA) is 89.5 Å². The summed E-state index contributed by atoms with van der Waals surface area (Å²) in [6.45, 7) is 2.07. The first-order chi connectivity index (χ1) is 9.56. The molecule has 0 aromatic carbocycles. The minimum absolute atomic E-state index is 0.246. The van der Waals surface area contributed by atoms with Crippen LogP contribution in [0.3, 0.4) is 0 Å². The van der Waals surface area contributed by atoms with Crippen molar-refractivity contribution in [2.45, 2.75) is 13.5 Å². The van der Waals surface area contributed by atoms with Gasteiger partial charge in [0.2, 0.25) is 0 Å². The summed E-state index contributed by atoms with van der Waals surface area (Å²) in [4.78, 5) is 28.1. The summed E-state index contributed by atoms with van der Waals surface area (Å²) in [6.07, 6.45) is 4.56. The normalized spacial score (nSPS) is 11.1. The predicted molar refractivity (Wildman–Crippen MR) is 72.4 cm³/mol. The van der Waals surface area contributed by atoms with Gasteiger partial charge in [-0.3, -0.25) is 4.98 Å². The first kappa shape index (κ1) is 12.5. The molecular formula is C12H10N4O3S. The maximum absolute atomic E-state index is 12.1. The minimum atomic E-state index is -0.962. The molecule has 0 fully saturated rings. The Kier molecular flexibility index (Phi) is 2.87. The van der Waals surface area contributed by atoms with Crippen LogP contribution in [0.4, 0.5) is 0 Å². The number of nitrogens with zero attached hydrogens (tertiary/aromatic N) is 4. The average molecular weight is 290 g/mol. The number of carboxylic acid groups (broad SMARTS) is 1. The van der Waals surface area contributed by atoms with Crippen molar-refractivity contribution in [2.75, 3.05) is 0 Å². The van der Waals surface area contributed by atoms with Crippen molar-refractivity contribution in [3.05, 3.63) is 50.5 Å². The van der Waals surface area contributed by atoms with Gasteiger partial charge in [0, 0.05) is 17.3 Å². The number of thiophene rings is 1. The summed E-state index contributed by atoms with van der Waals surface area (Å²) in [5.41, 5.74) is 0.972. The summed E-state index contributed by atoms with van der Waals surface area (Å²) >= 11 is 1.19. The van der Waals surface area contributed by atoms with Crippen LogP contribution < -0.4 is 5.69 Å². The maximum Gasteiger partial charge on any atom is 0.350 e. The number of aromatic nitrogens is 4. The number of carboxylic acids is 1. The van der Waals surface area contributed by atoms with E-state index in [9.17, 15) is 9.59 Å². The Morgan fingerprint density at radius 1 is 1.50 bits per heavy atom. The van der Waals surface area contributed by atoms with Gasteiger partial charge in [-0.2, -0.15) is 0 Å². The van der Waals surface area contributed by atoms with Gasteiger partial charge in [0.1, 0.15) is 4.88 Å². The van der Waals surface area contributed by atoms with Gasteiger partial charge in [0.25, 0.3) is 0 Å². The van der Waals surface area contributed by atoms with E-state index < -0.39 is 5.97 Å². The second kappa shape index (κ2) is 4.57. The van der Waals surface area contributed by atoms with Gasteiger partial charge < -0.3 is 5.11 Å². The lowest BCUT2D eigenvalue weighted by Gasteiger charge is -1.97. The molecule has 102 valence electrons. The molecule has 20 heavy (non-hydrogen) atoms. The summed E-state index contributed by atoms with van der Waals surface area (Å²) in [7, 11) is 0. The van der Waals surface area contributed by atoms with Crippen LogP contribution in [0.15, 0.2) is 29.5 Å². The van der Waals surface area contributed by atoms with Crippen LogP contribution in [0.5, 0.6) is 0 Å². The molecule has 0 aliphatic carbocycles. The predicted octanol–water partition coefficient (Wildman–Crippen LogP) is 1.01. The Morgan fingerprint density at radius 2 is 2.30 bits per heavy atom. The third-order valence-electron chi connectivity index (χ3n) is 2.94. The van der Waals surface area contributed by atoms with Crippen LogP contribution in [0.25, 0.3) is 5.65 Å². The first-order valence-corrected chi connectivity index (χ1v) is 6.59. The van der Waals surface area contributed by atoms with E-state index in [0.717, 1.165) is 10.4 Å². The number of hydrogen-bond acceptors (Lipinski definition) is 5. The van der Waals surface area contributed by atoms with E-state index in [2.05, 4.69) is 10.1 Å². The Hall–Kier alpha value is -2.48. The van der Waals surface area contributed by atoms with Crippen molar-refractivity contribution in [3.63, 3.8) is 0 Å². The zero-order valence-corrected chi connectivity index (χ0v) is 11.3. The summed E-state index contributed by atoms with van der Waals surface area (Å²) in [5.74, 6) is -0.962. The number of aromatic carboxylic acids is 1. The van der Waals surface area contributed by atoms with Crippen molar-refractivity contribution in [2.24, 2.45) is 0 Å². The molecule has 0 saturated heterocycles. The summed E-state index contributed by atoms with van der Waals surface area (Å²) < 4.78 is 2.70. The van der Waals surface area contributed by atoms with Gasteiger partial charge in [-0.25, -0.2) is 18.7 Å². The zero-order chi connectivity index (χ0) is 14.3. The van der Waals surface area contributed by atoms with E-state index in [4.69, 9.17) is 5.11 Å². The van der Waals surface area contributed by atoms with Crippen molar-refractivity contribution in [3.8, 4) is 0 Å². The molecule has 0 radical (unpaired) electrons. The smallest absolute Gasteiger partial charge is 0.350 e. The van der Waals surface area contributed by atoms with Crippen LogP contribution in [0, 0.1) is 6.92 Å². The Balaban J connectivity index is 2.03. The lowest BCUT2D eigenvalue weighted by molar-refractivity contribution is 0.0702. The summed E-state index contributed by atoms with van der Waals surface area (Å²) in [5, 5.41) is 13.1. The molecule has 3 aromatic heterocycles. The molecule has 0 bridgehead atoms. The molecule has 0 unspecified atom stereocenters.